The van der Waals surface area contributed by atoms with E-state index in [2.05, 4.69) is 10.3 Å². The molecule has 0 radical (unpaired) electrons. The molecule has 0 bridgehead atoms. The topological polar surface area (TPSA) is 51.2 Å². The molecule has 0 saturated heterocycles. The lowest BCUT2D eigenvalue weighted by molar-refractivity contribution is 0.102. The summed E-state index contributed by atoms with van der Waals surface area (Å²) >= 11 is 0. The van der Waals surface area contributed by atoms with Gasteiger partial charge in [-0.1, -0.05) is 18.2 Å². The average molecular weight is 322 g/mol. The van der Waals surface area contributed by atoms with E-state index in [0.29, 0.717) is 17.9 Å². The number of benzene rings is 2. The molecule has 1 heterocycles. The van der Waals surface area contributed by atoms with Crippen LogP contribution in [0.4, 0.5) is 10.1 Å². The zero-order chi connectivity index (χ0) is 16.8. The molecule has 5 heteroatoms. The van der Waals surface area contributed by atoms with Gasteiger partial charge in [0.25, 0.3) is 5.91 Å². The summed E-state index contributed by atoms with van der Waals surface area (Å²) in [7, 11) is 0. The highest BCUT2D eigenvalue weighted by molar-refractivity contribution is 6.04. The van der Waals surface area contributed by atoms with E-state index in [-0.39, 0.29) is 11.7 Å². The van der Waals surface area contributed by atoms with Crippen LogP contribution in [0.25, 0.3) is 0 Å². The van der Waals surface area contributed by atoms with E-state index in [1.807, 2.05) is 30.3 Å². The molecular weight excluding hydrogens is 307 g/mol. The first-order valence-corrected chi connectivity index (χ1v) is 7.40. The van der Waals surface area contributed by atoms with Crippen molar-refractivity contribution in [2.75, 3.05) is 5.32 Å². The zero-order valence-corrected chi connectivity index (χ0v) is 12.8. The fraction of sp³-hybridized carbons (Fsp3) is 0.0526. The number of rotatable bonds is 5. The number of para-hydroxylation sites is 1. The van der Waals surface area contributed by atoms with Crippen molar-refractivity contribution in [3.8, 4) is 5.75 Å². The molecule has 1 aromatic heterocycles. The maximum absolute atomic E-state index is 12.9. The number of nitrogens with zero attached hydrogens (tertiary/aromatic N) is 1. The van der Waals surface area contributed by atoms with Gasteiger partial charge in [-0.25, -0.2) is 4.39 Å². The Morgan fingerprint density at radius 1 is 1.00 bits per heavy atom. The Balaban J connectivity index is 1.59. The van der Waals surface area contributed by atoms with Gasteiger partial charge in [-0.15, -0.1) is 0 Å². The number of hydrogen-bond acceptors (Lipinski definition) is 3. The van der Waals surface area contributed by atoms with Crippen LogP contribution in [-0.4, -0.2) is 10.9 Å². The predicted octanol–water partition coefficient (Wildman–Crippen LogP) is 4.05. The van der Waals surface area contributed by atoms with Gasteiger partial charge in [-0.3, -0.25) is 9.78 Å². The van der Waals surface area contributed by atoms with Crippen LogP contribution in [0.3, 0.4) is 0 Å². The largest absolute Gasteiger partial charge is 0.487 e. The number of carbonyl (C=O) groups excluding carboxylic acids is 1. The van der Waals surface area contributed by atoms with Crippen LogP contribution >= 0.6 is 0 Å². The van der Waals surface area contributed by atoms with Crippen LogP contribution in [0.5, 0.6) is 5.75 Å². The zero-order valence-electron chi connectivity index (χ0n) is 12.8. The minimum absolute atomic E-state index is 0.301. The second-order valence-corrected chi connectivity index (χ2v) is 5.10. The first kappa shape index (κ1) is 15.7. The summed E-state index contributed by atoms with van der Waals surface area (Å²) in [5.74, 6) is 0.111. The van der Waals surface area contributed by atoms with Gasteiger partial charge in [-0.05, 0) is 48.5 Å². The van der Waals surface area contributed by atoms with E-state index in [1.165, 1.54) is 30.5 Å². The summed E-state index contributed by atoms with van der Waals surface area (Å²) in [5, 5.41) is 2.69. The standard InChI is InChI=1S/C19H15FN2O2/c20-15-7-10-16(11-8-15)22-19(23)14-6-9-17(21-12-14)13-24-18-4-2-1-3-5-18/h1-12H,13H2,(H,22,23). The van der Waals surface area contributed by atoms with Crippen molar-refractivity contribution in [1.29, 1.82) is 0 Å². The first-order valence-electron chi connectivity index (χ1n) is 7.40. The number of halogens is 1. The lowest BCUT2D eigenvalue weighted by Gasteiger charge is -2.07. The van der Waals surface area contributed by atoms with Crippen LogP contribution in [0, 0.1) is 5.82 Å². The molecule has 0 fully saturated rings. The van der Waals surface area contributed by atoms with Crippen molar-refractivity contribution >= 4 is 11.6 Å². The fourth-order valence-electron chi connectivity index (χ4n) is 2.05. The van der Waals surface area contributed by atoms with E-state index >= 15 is 0 Å². The van der Waals surface area contributed by atoms with E-state index in [4.69, 9.17) is 4.74 Å². The molecule has 0 aliphatic carbocycles. The van der Waals surface area contributed by atoms with Gasteiger partial charge in [-0.2, -0.15) is 0 Å². The van der Waals surface area contributed by atoms with Crippen LogP contribution in [0.15, 0.2) is 72.9 Å². The van der Waals surface area contributed by atoms with E-state index < -0.39 is 0 Å². The third-order valence-corrected chi connectivity index (χ3v) is 3.32. The van der Waals surface area contributed by atoms with Gasteiger partial charge in [0.1, 0.15) is 18.2 Å². The van der Waals surface area contributed by atoms with E-state index in [0.717, 1.165) is 11.4 Å². The number of ether oxygens (including phenoxy) is 1. The molecule has 24 heavy (non-hydrogen) atoms. The van der Waals surface area contributed by atoms with Gasteiger partial charge < -0.3 is 10.1 Å². The molecule has 0 saturated carbocycles. The molecule has 2 aromatic carbocycles. The highest BCUT2D eigenvalue weighted by Gasteiger charge is 2.07. The summed E-state index contributed by atoms with van der Waals surface area (Å²) in [5.41, 5.74) is 1.66. The van der Waals surface area contributed by atoms with E-state index in [1.54, 1.807) is 12.1 Å². The van der Waals surface area contributed by atoms with Crippen LogP contribution < -0.4 is 10.1 Å². The van der Waals surface area contributed by atoms with Crippen molar-refractivity contribution in [1.82, 2.24) is 4.98 Å². The Hall–Kier alpha value is -3.21. The monoisotopic (exact) mass is 322 g/mol. The van der Waals surface area contributed by atoms with E-state index in [9.17, 15) is 9.18 Å². The Kier molecular flexibility index (Phi) is 4.81. The second kappa shape index (κ2) is 7.37. The number of amides is 1. The Morgan fingerprint density at radius 2 is 1.75 bits per heavy atom. The van der Waals surface area contributed by atoms with Crippen LogP contribution in [-0.2, 0) is 6.61 Å². The lowest BCUT2D eigenvalue weighted by atomic mass is 10.2. The fourth-order valence-corrected chi connectivity index (χ4v) is 2.05. The van der Waals surface area contributed by atoms with Crippen molar-refractivity contribution < 1.29 is 13.9 Å². The first-order chi connectivity index (χ1) is 11.7. The second-order valence-electron chi connectivity index (χ2n) is 5.10. The molecule has 4 nitrogen and oxygen atoms in total. The number of nitrogens with one attached hydrogen (secondary N) is 1. The summed E-state index contributed by atoms with van der Waals surface area (Å²) < 4.78 is 18.5. The smallest absolute Gasteiger partial charge is 0.257 e. The quantitative estimate of drug-likeness (QED) is 0.771. The van der Waals surface area contributed by atoms with Crippen molar-refractivity contribution in [2.45, 2.75) is 6.61 Å². The lowest BCUT2D eigenvalue weighted by Crippen LogP contribution is -2.12. The maximum atomic E-state index is 12.9. The van der Waals surface area contributed by atoms with Gasteiger partial charge in [0.15, 0.2) is 0 Å². The minimum atomic E-state index is -0.350. The SMILES string of the molecule is O=C(Nc1ccc(F)cc1)c1ccc(COc2ccccc2)nc1. The summed E-state index contributed by atoms with van der Waals surface area (Å²) in [6, 6.07) is 18.4. The molecule has 0 unspecified atom stereocenters. The third-order valence-electron chi connectivity index (χ3n) is 3.32. The van der Waals surface area contributed by atoms with Crippen molar-refractivity contribution in [3.63, 3.8) is 0 Å². The molecule has 1 amide bonds. The highest BCUT2D eigenvalue weighted by atomic mass is 19.1. The number of pyridine rings is 1. The Bertz CT molecular complexity index is 803. The minimum Gasteiger partial charge on any atom is -0.487 e. The van der Waals surface area contributed by atoms with Crippen molar-refractivity contribution in [3.05, 3.63) is 90.0 Å². The van der Waals surface area contributed by atoms with Gasteiger partial charge in [0.2, 0.25) is 0 Å². The Labute approximate surface area is 138 Å². The summed E-state index contributed by atoms with van der Waals surface area (Å²) in [6.45, 7) is 0.323. The van der Waals surface area contributed by atoms with Crippen molar-refractivity contribution in [2.24, 2.45) is 0 Å². The number of hydrogen-bond donors (Lipinski definition) is 1. The number of anilines is 1. The average Bonchev–Trinajstić information content (AvgIpc) is 2.63. The molecule has 120 valence electrons. The molecule has 0 aliphatic heterocycles. The summed E-state index contributed by atoms with van der Waals surface area (Å²) in [6.07, 6.45) is 1.49. The normalized spacial score (nSPS) is 10.2. The molecule has 1 N–H and O–H groups in total. The number of aromatic nitrogens is 1. The molecular formula is C19H15FN2O2. The van der Waals surface area contributed by atoms with Gasteiger partial charge in [0.05, 0.1) is 11.3 Å². The Morgan fingerprint density at radius 3 is 2.42 bits per heavy atom. The van der Waals surface area contributed by atoms with Gasteiger partial charge >= 0.3 is 0 Å². The number of carbonyl (C=O) groups is 1. The van der Waals surface area contributed by atoms with Crippen LogP contribution in [0.2, 0.25) is 0 Å². The molecule has 0 spiro atoms. The highest BCUT2D eigenvalue weighted by Crippen LogP contribution is 2.12. The maximum Gasteiger partial charge on any atom is 0.257 e. The third kappa shape index (κ3) is 4.16. The van der Waals surface area contributed by atoms with Crippen LogP contribution in [0.1, 0.15) is 16.1 Å². The van der Waals surface area contributed by atoms with Gasteiger partial charge in [0, 0.05) is 11.9 Å². The molecule has 0 atom stereocenters. The predicted molar refractivity (Wildman–Crippen MR) is 89.4 cm³/mol. The molecule has 0 aliphatic rings. The summed E-state index contributed by atoms with van der Waals surface area (Å²) in [4.78, 5) is 16.3. The molecule has 3 rings (SSSR count). The molecule has 3 aromatic rings.